The molecule has 1 aromatic carbocycles. The van der Waals surface area contributed by atoms with Gasteiger partial charge in [-0.1, -0.05) is 81.9 Å². The van der Waals surface area contributed by atoms with E-state index in [4.69, 9.17) is 0 Å². The maximum atomic E-state index is 12.5. The molecular weight excluding hydrogens is 353 g/mol. The molecule has 0 aliphatic heterocycles. The van der Waals surface area contributed by atoms with E-state index in [1.165, 1.54) is 31.2 Å². The van der Waals surface area contributed by atoms with Gasteiger partial charge in [-0.25, -0.2) is 4.79 Å². The molecule has 0 aliphatic rings. The highest BCUT2D eigenvalue weighted by atomic mass is 31.1. The van der Waals surface area contributed by atoms with Gasteiger partial charge < -0.3 is 0 Å². The molecule has 0 heterocycles. The van der Waals surface area contributed by atoms with Crippen LogP contribution in [0.1, 0.15) is 71.8 Å². The number of carbonyl (C=O) groups excluding carboxylic acids is 1. The van der Waals surface area contributed by atoms with E-state index in [0.29, 0.717) is 31.1 Å². The largest absolute Gasteiger partial charge is 0.462 e. The lowest BCUT2D eigenvalue weighted by atomic mass is 10.1. The summed E-state index contributed by atoms with van der Waals surface area (Å²) in [7, 11) is -1.76. The normalized spacial score (nSPS) is 11.9. The number of hydrogen-bond acceptors (Lipinski definition) is 2. The minimum absolute atomic E-state index is 0.129. The minimum atomic E-state index is -1.76. The van der Waals surface area contributed by atoms with Crippen molar-refractivity contribution in [3.05, 3.63) is 35.9 Å². The number of unbranched alkanes of at least 4 members (excludes halogenated alkanes) is 5. The maximum absolute atomic E-state index is 12.5. The Bertz CT molecular complexity index is 533. The summed E-state index contributed by atoms with van der Waals surface area (Å²) >= 11 is 0. The van der Waals surface area contributed by atoms with E-state index in [1.54, 1.807) is 0 Å². The second-order valence-corrected chi connectivity index (χ2v) is 10.0. The second kappa shape index (κ2) is 13.9. The zero-order valence-corrected chi connectivity index (χ0v) is 18.7. The molecule has 0 saturated carbocycles. The van der Waals surface area contributed by atoms with E-state index < -0.39 is 7.80 Å². The summed E-state index contributed by atoms with van der Waals surface area (Å²) in [4.78, 5) is 14.3. The fraction of sp³-hybridized carbons (Fsp3) is 0.696. The van der Waals surface area contributed by atoms with Crippen LogP contribution in [-0.4, -0.2) is 29.8 Å². The van der Waals surface area contributed by atoms with Crippen molar-refractivity contribution in [3.63, 3.8) is 0 Å². The Morgan fingerprint density at radius 1 is 0.852 bits per heavy atom. The summed E-state index contributed by atoms with van der Waals surface area (Å²) in [5.74, 6) is 0.818. The summed E-state index contributed by atoms with van der Waals surface area (Å²) < 4.78 is 12.4. The summed E-state index contributed by atoms with van der Waals surface area (Å²) in [6, 6.07) is 10.6. The Balaban J connectivity index is 2.15. The third-order valence-electron chi connectivity index (χ3n) is 4.57. The molecule has 0 fully saturated rings. The number of aryl methyl sites for hydroxylation is 1. The fourth-order valence-electron chi connectivity index (χ4n) is 3.30. The van der Waals surface area contributed by atoms with Crippen molar-refractivity contribution in [3.8, 4) is 0 Å². The molecule has 1 unspecified atom stereocenters. The first-order valence-electron chi connectivity index (χ1n) is 10.7. The SMILES string of the molecule is CC(C)CN(CC(C)C)C(=O)[P+](=O)CCCCCCCCc1ccccc1. The first kappa shape index (κ1) is 23.8. The summed E-state index contributed by atoms with van der Waals surface area (Å²) in [5, 5.41) is 0. The Hall–Kier alpha value is -1.21. The minimum Gasteiger partial charge on any atom is -0.300 e. The molecule has 0 N–H and O–H groups in total. The molecule has 0 spiro atoms. The molecule has 3 nitrogen and oxygen atoms in total. The van der Waals surface area contributed by atoms with Gasteiger partial charge in [0.25, 0.3) is 0 Å². The predicted octanol–water partition coefficient (Wildman–Crippen LogP) is 7.13. The molecule has 152 valence electrons. The van der Waals surface area contributed by atoms with Gasteiger partial charge in [-0.3, -0.25) is 4.90 Å². The van der Waals surface area contributed by atoms with Gasteiger partial charge >= 0.3 is 13.4 Å². The third kappa shape index (κ3) is 11.3. The number of rotatable bonds is 14. The van der Waals surface area contributed by atoms with E-state index >= 15 is 0 Å². The van der Waals surface area contributed by atoms with Crippen LogP contribution >= 0.6 is 7.80 Å². The lowest BCUT2D eigenvalue weighted by molar-refractivity contribution is 0.206. The first-order valence-corrected chi connectivity index (χ1v) is 12.1. The molecule has 0 saturated heterocycles. The van der Waals surface area contributed by atoms with Gasteiger partial charge in [-0.15, -0.1) is 0 Å². The highest BCUT2D eigenvalue weighted by molar-refractivity contribution is 7.63. The van der Waals surface area contributed by atoms with E-state index in [9.17, 15) is 9.36 Å². The molecule has 4 heteroatoms. The smallest absolute Gasteiger partial charge is 0.300 e. The highest BCUT2D eigenvalue weighted by Crippen LogP contribution is 2.28. The lowest BCUT2D eigenvalue weighted by Crippen LogP contribution is -2.34. The highest BCUT2D eigenvalue weighted by Gasteiger charge is 2.33. The zero-order valence-electron chi connectivity index (χ0n) is 17.8. The van der Waals surface area contributed by atoms with Crippen molar-refractivity contribution in [1.82, 2.24) is 4.90 Å². The van der Waals surface area contributed by atoms with Crippen molar-refractivity contribution in [2.45, 2.75) is 72.6 Å². The molecule has 1 amide bonds. The standard InChI is InChI=1S/C23H39NO2P/c1-20(2)18-24(19-21(3)4)23(25)27(26)17-13-8-6-5-7-10-14-22-15-11-9-12-16-22/h9,11-12,15-16,20-21H,5-8,10,13-14,17-19H2,1-4H3/q+1. The molecule has 27 heavy (non-hydrogen) atoms. The summed E-state index contributed by atoms with van der Waals surface area (Å²) in [5.41, 5.74) is 1.29. The molecule has 1 rings (SSSR count). The van der Waals surface area contributed by atoms with E-state index in [1.807, 2.05) is 4.90 Å². The van der Waals surface area contributed by atoms with Crippen molar-refractivity contribution in [2.24, 2.45) is 11.8 Å². The van der Waals surface area contributed by atoms with Crippen molar-refractivity contribution in [2.75, 3.05) is 19.3 Å². The van der Waals surface area contributed by atoms with Crippen LogP contribution < -0.4 is 0 Å². The number of amides is 1. The second-order valence-electron chi connectivity index (χ2n) is 8.43. The van der Waals surface area contributed by atoms with E-state index in [2.05, 4.69) is 58.0 Å². The quantitative estimate of drug-likeness (QED) is 0.249. The number of carbonyl (C=O) groups is 1. The summed E-state index contributed by atoms with van der Waals surface area (Å²) in [6.07, 6.45) is 8.56. The van der Waals surface area contributed by atoms with Crippen LogP contribution in [0.15, 0.2) is 30.3 Å². The van der Waals surface area contributed by atoms with E-state index in [0.717, 1.165) is 19.3 Å². The topological polar surface area (TPSA) is 37.4 Å². The molecule has 0 aromatic heterocycles. The molecular formula is C23H39NO2P+. The van der Waals surface area contributed by atoms with Crippen LogP contribution in [0.2, 0.25) is 0 Å². The van der Waals surface area contributed by atoms with Crippen LogP contribution in [0.5, 0.6) is 0 Å². The Morgan fingerprint density at radius 3 is 1.93 bits per heavy atom. The lowest BCUT2D eigenvalue weighted by Gasteiger charge is -2.21. The fourth-order valence-corrected chi connectivity index (χ4v) is 4.48. The van der Waals surface area contributed by atoms with Crippen LogP contribution in [0.3, 0.4) is 0 Å². The molecule has 0 radical (unpaired) electrons. The summed E-state index contributed by atoms with van der Waals surface area (Å²) in [6.45, 7) is 9.83. The van der Waals surface area contributed by atoms with Crippen molar-refractivity contribution < 1.29 is 9.36 Å². The van der Waals surface area contributed by atoms with Crippen LogP contribution in [0.4, 0.5) is 4.79 Å². The Morgan fingerprint density at radius 2 is 1.37 bits per heavy atom. The van der Waals surface area contributed by atoms with Crippen LogP contribution in [0, 0.1) is 11.8 Å². The number of nitrogens with zero attached hydrogens (tertiary/aromatic N) is 1. The monoisotopic (exact) mass is 392 g/mol. The molecule has 1 aromatic rings. The van der Waals surface area contributed by atoms with Gasteiger partial charge in [0.15, 0.2) is 6.16 Å². The van der Waals surface area contributed by atoms with Gasteiger partial charge in [0.05, 0.1) is 0 Å². The van der Waals surface area contributed by atoms with Crippen LogP contribution in [-0.2, 0) is 11.0 Å². The van der Waals surface area contributed by atoms with Crippen molar-refractivity contribution in [1.29, 1.82) is 0 Å². The average molecular weight is 393 g/mol. The Kier molecular flexibility index (Phi) is 12.3. The van der Waals surface area contributed by atoms with E-state index in [-0.39, 0.29) is 5.65 Å². The van der Waals surface area contributed by atoms with Gasteiger partial charge in [0.1, 0.15) is 0 Å². The van der Waals surface area contributed by atoms with Gasteiger partial charge in [0, 0.05) is 13.1 Å². The van der Waals surface area contributed by atoms with Crippen LogP contribution in [0.25, 0.3) is 0 Å². The third-order valence-corrected chi connectivity index (χ3v) is 6.01. The number of hydrogen-bond donors (Lipinski definition) is 0. The van der Waals surface area contributed by atoms with Crippen molar-refractivity contribution >= 4 is 13.4 Å². The Labute approximate surface area is 167 Å². The number of benzene rings is 1. The predicted molar refractivity (Wildman–Crippen MR) is 117 cm³/mol. The zero-order chi connectivity index (χ0) is 20.1. The molecule has 0 aliphatic carbocycles. The van der Waals surface area contributed by atoms with Gasteiger partial charge in [-0.05, 0) is 43.1 Å². The first-order chi connectivity index (χ1) is 12.9. The average Bonchev–Trinajstić information content (AvgIpc) is 2.62. The molecule has 1 atom stereocenters. The van der Waals surface area contributed by atoms with Gasteiger partial charge in [0.2, 0.25) is 0 Å². The molecule has 0 bridgehead atoms. The van der Waals surface area contributed by atoms with Gasteiger partial charge in [-0.2, -0.15) is 0 Å². The maximum Gasteiger partial charge on any atom is 0.462 e.